The third kappa shape index (κ3) is 2.88. The van der Waals surface area contributed by atoms with Gasteiger partial charge < -0.3 is 10.4 Å². The molecule has 0 bridgehead atoms. The third-order valence-corrected chi connectivity index (χ3v) is 3.35. The van der Waals surface area contributed by atoms with Gasteiger partial charge in [-0.05, 0) is 28.1 Å². The summed E-state index contributed by atoms with van der Waals surface area (Å²) in [5.41, 5.74) is -0.0479. The van der Waals surface area contributed by atoms with Gasteiger partial charge in [0.15, 0.2) is 5.82 Å². The molecule has 0 radical (unpaired) electrons. The van der Waals surface area contributed by atoms with E-state index in [1.807, 2.05) is 0 Å². The van der Waals surface area contributed by atoms with Gasteiger partial charge in [-0.3, -0.25) is 10.1 Å². The Morgan fingerprint density at radius 1 is 1.30 bits per heavy atom. The van der Waals surface area contributed by atoms with E-state index in [0.29, 0.717) is 10.0 Å². The van der Waals surface area contributed by atoms with E-state index in [0.717, 1.165) is 6.07 Å². The van der Waals surface area contributed by atoms with Crippen molar-refractivity contribution >= 4 is 27.3 Å². The topological polar surface area (TPSA) is 75.4 Å². The Morgan fingerprint density at radius 3 is 2.70 bits per heavy atom. The Kier molecular flexibility index (Phi) is 4.19. The fraction of sp³-hybridized carbons (Fsp3) is 0.0769. The van der Waals surface area contributed by atoms with Crippen molar-refractivity contribution in [1.29, 1.82) is 0 Å². The first kappa shape index (κ1) is 14.3. The van der Waals surface area contributed by atoms with Crippen LogP contribution in [0, 0.1) is 15.9 Å². The average molecular weight is 341 g/mol. The summed E-state index contributed by atoms with van der Waals surface area (Å²) in [7, 11) is 0. The Morgan fingerprint density at radius 2 is 2.00 bits per heavy atom. The number of hydrogen-bond donors (Lipinski definition) is 2. The number of nitrogens with zero attached hydrogens (tertiary/aromatic N) is 1. The van der Waals surface area contributed by atoms with Crippen molar-refractivity contribution in [2.45, 2.75) is 6.54 Å². The summed E-state index contributed by atoms with van der Waals surface area (Å²) in [6, 6.07) is 8.62. The van der Waals surface area contributed by atoms with E-state index in [-0.39, 0.29) is 23.7 Å². The van der Waals surface area contributed by atoms with Crippen LogP contribution in [0.3, 0.4) is 0 Å². The van der Waals surface area contributed by atoms with E-state index in [4.69, 9.17) is 0 Å². The minimum Gasteiger partial charge on any atom is -0.506 e. The van der Waals surface area contributed by atoms with Gasteiger partial charge in [-0.15, -0.1) is 0 Å². The number of phenolic OH excluding ortho intramolecular Hbond substituents is 1. The lowest BCUT2D eigenvalue weighted by molar-refractivity contribution is -0.384. The monoisotopic (exact) mass is 340 g/mol. The van der Waals surface area contributed by atoms with Crippen molar-refractivity contribution in [1.82, 2.24) is 0 Å². The van der Waals surface area contributed by atoms with Crippen LogP contribution < -0.4 is 5.32 Å². The van der Waals surface area contributed by atoms with Crippen LogP contribution in [-0.4, -0.2) is 10.0 Å². The molecule has 0 aliphatic heterocycles. The first-order valence-corrected chi connectivity index (χ1v) is 6.43. The molecule has 0 fully saturated rings. The number of phenols is 1. The molecule has 2 aromatic rings. The molecule has 0 saturated carbocycles. The van der Waals surface area contributed by atoms with Crippen LogP contribution in [0.4, 0.5) is 15.8 Å². The van der Waals surface area contributed by atoms with Gasteiger partial charge in [0.05, 0.1) is 9.40 Å². The van der Waals surface area contributed by atoms with Crippen LogP contribution in [0.15, 0.2) is 40.9 Å². The van der Waals surface area contributed by atoms with Crippen LogP contribution >= 0.6 is 15.9 Å². The lowest BCUT2D eigenvalue weighted by Crippen LogP contribution is -2.05. The molecule has 20 heavy (non-hydrogen) atoms. The molecule has 0 aliphatic carbocycles. The van der Waals surface area contributed by atoms with Gasteiger partial charge in [-0.2, -0.15) is 0 Å². The van der Waals surface area contributed by atoms with Gasteiger partial charge in [-0.25, -0.2) is 4.39 Å². The Hall–Kier alpha value is -2.15. The third-order valence-electron chi connectivity index (χ3n) is 2.71. The molecule has 5 nitrogen and oxygen atoms in total. The Bertz CT molecular complexity index is 664. The van der Waals surface area contributed by atoms with Gasteiger partial charge in [0, 0.05) is 18.2 Å². The zero-order valence-electron chi connectivity index (χ0n) is 10.1. The maximum absolute atomic E-state index is 13.7. The van der Waals surface area contributed by atoms with Gasteiger partial charge in [0.25, 0.3) is 5.69 Å². The molecule has 0 spiro atoms. The number of para-hydroxylation sites is 2. The molecule has 2 aromatic carbocycles. The quantitative estimate of drug-likeness (QED) is 0.655. The van der Waals surface area contributed by atoms with E-state index >= 15 is 0 Å². The molecule has 0 amide bonds. The van der Waals surface area contributed by atoms with Crippen LogP contribution in [0.1, 0.15) is 5.56 Å². The van der Waals surface area contributed by atoms with Crippen LogP contribution in [0.25, 0.3) is 0 Å². The lowest BCUT2D eigenvalue weighted by atomic mass is 10.2. The number of nitrogens with one attached hydrogen (secondary N) is 1. The lowest BCUT2D eigenvalue weighted by Gasteiger charge is -2.10. The highest BCUT2D eigenvalue weighted by Gasteiger charge is 2.17. The van der Waals surface area contributed by atoms with E-state index in [9.17, 15) is 19.6 Å². The molecule has 0 aromatic heterocycles. The Labute approximate surface area is 122 Å². The highest BCUT2D eigenvalue weighted by atomic mass is 79.9. The van der Waals surface area contributed by atoms with Crippen molar-refractivity contribution in [3.8, 4) is 5.75 Å². The van der Waals surface area contributed by atoms with Gasteiger partial charge in [0.2, 0.25) is 0 Å². The molecule has 104 valence electrons. The number of hydrogen-bond acceptors (Lipinski definition) is 4. The van der Waals surface area contributed by atoms with Gasteiger partial charge >= 0.3 is 0 Å². The van der Waals surface area contributed by atoms with Crippen LogP contribution in [0.5, 0.6) is 5.75 Å². The maximum Gasteiger partial charge on any atom is 0.295 e. The highest BCUT2D eigenvalue weighted by molar-refractivity contribution is 9.10. The van der Waals surface area contributed by atoms with E-state index in [1.54, 1.807) is 18.2 Å². The normalized spacial score (nSPS) is 10.3. The molecule has 2 N–H and O–H groups in total. The van der Waals surface area contributed by atoms with Gasteiger partial charge in [-0.1, -0.05) is 18.2 Å². The number of anilines is 1. The summed E-state index contributed by atoms with van der Waals surface area (Å²) in [4.78, 5) is 10.2. The van der Waals surface area contributed by atoms with Crippen molar-refractivity contribution in [3.63, 3.8) is 0 Å². The smallest absolute Gasteiger partial charge is 0.295 e. The molecule has 7 heteroatoms. The predicted octanol–water partition coefficient (Wildman–Crippen LogP) is 3.81. The summed E-state index contributed by atoms with van der Waals surface area (Å²) in [6.07, 6.45) is 0. The summed E-state index contributed by atoms with van der Waals surface area (Å²) in [5.74, 6) is -0.701. The van der Waals surface area contributed by atoms with E-state index < -0.39 is 10.7 Å². The summed E-state index contributed by atoms with van der Waals surface area (Å²) in [5, 5.41) is 23.3. The zero-order valence-corrected chi connectivity index (χ0v) is 11.7. The summed E-state index contributed by atoms with van der Waals surface area (Å²) >= 11 is 3.16. The first-order chi connectivity index (χ1) is 9.50. The molecular weight excluding hydrogens is 331 g/mol. The number of rotatable bonds is 4. The number of aromatic hydroxyl groups is 1. The number of benzene rings is 2. The summed E-state index contributed by atoms with van der Waals surface area (Å²) in [6.45, 7) is 0.0625. The van der Waals surface area contributed by atoms with E-state index in [1.165, 1.54) is 12.1 Å². The van der Waals surface area contributed by atoms with Crippen molar-refractivity contribution in [3.05, 3.63) is 62.4 Å². The Balaban J connectivity index is 2.27. The molecule has 0 heterocycles. The fourth-order valence-corrected chi connectivity index (χ4v) is 2.13. The van der Waals surface area contributed by atoms with Crippen molar-refractivity contribution in [2.75, 3.05) is 5.32 Å². The number of nitro benzene ring substituents is 1. The SMILES string of the molecule is O=[N+]([O-])c1cccc(F)c1NCc1cccc(Br)c1O. The second-order valence-electron chi connectivity index (χ2n) is 3.99. The predicted molar refractivity (Wildman–Crippen MR) is 76.2 cm³/mol. The second-order valence-corrected chi connectivity index (χ2v) is 4.85. The molecule has 0 aliphatic rings. The molecule has 0 saturated heterocycles. The largest absolute Gasteiger partial charge is 0.506 e. The second kappa shape index (κ2) is 5.87. The number of nitro groups is 1. The molecular formula is C13H10BrFN2O3. The molecule has 0 atom stereocenters. The first-order valence-electron chi connectivity index (χ1n) is 5.64. The average Bonchev–Trinajstić information content (AvgIpc) is 2.41. The van der Waals surface area contributed by atoms with Crippen LogP contribution in [-0.2, 0) is 6.54 Å². The van der Waals surface area contributed by atoms with Crippen molar-refractivity contribution < 1.29 is 14.4 Å². The highest BCUT2D eigenvalue weighted by Crippen LogP contribution is 2.31. The summed E-state index contributed by atoms with van der Waals surface area (Å²) < 4.78 is 14.2. The van der Waals surface area contributed by atoms with Crippen molar-refractivity contribution in [2.24, 2.45) is 0 Å². The zero-order chi connectivity index (χ0) is 14.7. The van der Waals surface area contributed by atoms with Gasteiger partial charge in [0.1, 0.15) is 11.4 Å². The molecule has 2 rings (SSSR count). The maximum atomic E-state index is 13.7. The fourth-order valence-electron chi connectivity index (χ4n) is 1.73. The minimum absolute atomic E-state index is 0.0130. The molecule has 0 unspecified atom stereocenters. The number of halogens is 2. The van der Waals surface area contributed by atoms with E-state index in [2.05, 4.69) is 21.2 Å². The van der Waals surface area contributed by atoms with Crippen LogP contribution in [0.2, 0.25) is 0 Å². The standard InChI is InChI=1S/C13H10BrFN2O3/c14-9-4-1-3-8(13(9)18)7-16-12-10(15)5-2-6-11(12)17(19)20/h1-6,16,18H,7H2. The minimum atomic E-state index is -0.714.